The van der Waals surface area contributed by atoms with Crippen molar-refractivity contribution in [3.8, 4) is 0 Å². The maximum absolute atomic E-state index is 4.50. The second-order valence-corrected chi connectivity index (χ2v) is 18.6. The zero-order chi connectivity index (χ0) is 16.1. The van der Waals surface area contributed by atoms with Crippen molar-refractivity contribution < 1.29 is 0 Å². The molecule has 21 heavy (non-hydrogen) atoms. The first-order valence-electron chi connectivity index (χ1n) is 9.76. The van der Waals surface area contributed by atoms with Crippen LogP contribution in [0.4, 0.5) is 0 Å². The summed E-state index contributed by atoms with van der Waals surface area (Å²) in [7, 11) is 0. The van der Waals surface area contributed by atoms with Crippen LogP contribution in [0.25, 0.3) is 0 Å². The van der Waals surface area contributed by atoms with E-state index in [4.69, 9.17) is 0 Å². The van der Waals surface area contributed by atoms with Crippen LogP contribution >= 0.6 is 20.8 Å². The summed E-state index contributed by atoms with van der Waals surface area (Å²) in [6.07, 6.45) is 21.6. The van der Waals surface area contributed by atoms with E-state index in [-0.39, 0.29) is 0 Å². The van der Waals surface area contributed by atoms with Crippen molar-refractivity contribution in [3.05, 3.63) is 0 Å². The molecule has 0 N–H and O–H groups in total. The van der Waals surface area contributed by atoms with Gasteiger partial charge in [0.1, 0.15) is 0 Å². The van der Waals surface area contributed by atoms with Gasteiger partial charge < -0.3 is 0 Å². The maximum atomic E-state index is 4.50. The van der Waals surface area contributed by atoms with Gasteiger partial charge in [-0.25, -0.2) is 0 Å². The Kier molecular flexibility index (Phi) is 12.9. The van der Waals surface area contributed by atoms with Gasteiger partial charge in [-0.15, -0.1) is 0 Å². The fourth-order valence-electron chi connectivity index (χ4n) is 3.44. The van der Waals surface area contributed by atoms with Crippen LogP contribution in [0.15, 0.2) is 0 Å². The molecule has 0 amide bonds. The van der Waals surface area contributed by atoms with Crippen LogP contribution in [0.5, 0.6) is 0 Å². The molecule has 0 fully saturated rings. The van der Waals surface area contributed by atoms with Gasteiger partial charge in [-0.05, 0) is 0 Å². The number of rotatable bonds is 15. The predicted molar refractivity (Wildman–Crippen MR) is 109 cm³/mol. The average molecular weight is 381 g/mol. The van der Waals surface area contributed by atoms with E-state index in [9.17, 15) is 0 Å². The zero-order valence-corrected chi connectivity index (χ0v) is 17.9. The molecule has 0 bridgehead atoms. The standard InChI is InChI=1S/C19H42BrP/c1-5-9-13-14-15-19-21(20,16-10-6-2,17-11-7-3)18-12-8-4/h5-19H2,1-4H3. The molecular weight excluding hydrogens is 339 g/mol. The third-order valence-corrected chi connectivity index (χ3v) is 15.0. The number of halogens is 1. The van der Waals surface area contributed by atoms with E-state index >= 15 is 0 Å². The molecule has 0 aromatic heterocycles. The molecule has 0 aliphatic rings. The minimum absolute atomic E-state index is 1.36. The average Bonchev–Trinajstić information content (AvgIpc) is 2.50. The Labute approximate surface area is 143 Å². The Bertz CT molecular complexity index is 215. The third kappa shape index (κ3) is 9.60. The minimum atomic E-state index is -1.59. The van der Waals surface area contributed by atoms with E-state index in [1.54, 1.807) is 0 Å². The quantitative estimate of drug-likeness (QED) is 0.198. The van der Waals surface area contributed by atoms with Gasteiger partial charge in [0.05, 0.1) is 0 Å². The summed E-state index contributed by atoms with van der Waals surface area (Å²) in [6, 6.07) is 0. The summed E-state index contributed by atoms with van der Waals surface area (Å²) in [5, 5.41) is -1.59. The van der Waals surface area contributed by atoms with Crippen molar-refractivity contribution >= 4 is 20.8 Å². The molecule has 0 aliphatic carbocycles. The molecule has 0 aromatic carbocycles. The van der Waals surface area contributed by atoms with Crippen molar-refractivity contribution in [1.29, 1.82) is 0 Å². The van der Waals surface area contributed by atoms with E-state index in [1.165, 1.54) is 95.3 Å². The molecule has 0 nitrogen and oxygen atoms in total. The monoisotopic (exact) mass is 380 g/mol. The Morgan fingerprint density at radius 2 is 0.810 bits per heavy atom. The summed E-state index contributed by atoms with van der Waals surface area (Å²) in [4.78, 5) is 0. The molecule has 0 atom stereocenters. The molecule has 0 saturated heterocycles. The second-order valence-electron chi connectivity index (χ2n) is 7.19. The molecule has 2 heteroatoms. The topological polar surface area (TPSA) is 0 Å². The summed E-state index contributed by atoms with van der Waals surface area (Å²) >= 11 is 4.50. The van der Waals surface area contributed by atoms with Crippen molar-refractivity contribution in [1.82, 2.24) is 0 Å². The molecule has 0 aromatic rings. The summed E-state index contributed by atoms with van der Waals surface area (Å²) < 4.78 is 0. The predicted octanol–water partition coefficient (Wildman–Crippen LogP) is 8.22. The van der Waals surface area contributed by atoms with Crippen molar-refractivity contribution in [2.24, 2.45) is 0 Å². The Morgan fingerprint density at radius 3 is 1.19 bits per heavy atom. The van der Waals surface area contributed by atoms with E-state index in [1.807, 2.05) is 0 Å². The van der Waals surface area contributed by atoms with Gasteiger partial charge >= 0.3 is 144 Å². The fraction of sp³-hybridized carbons (Fsp3) is 1.00. The van der Waals surface area contributed by atoms with E-state index in [2.05, 4.69) is 43.2 Å². The number of unbranched alkanes of at least 4 members (excludes halogenated alkanes) is 7. The molecule has 130 valence electrons. The van der Waals surface area contributed by atoms with E-state index < -0.39 is 5.31 Å². The van der Waals surface area contributed by atoms with E-state index in [0.717, 1.165) is 0 Å². The first-order chi connectivity index (χ1) is 10.0. The van der Waals surface area contributed by atoms with Crippen LogP contribution in [0.3, 0.4) is 0 Å². The van der Waals surface area contributed by atoms with Crippen LogP contribution in [0.2, 0.25) is 0 Å². The van der Waals surface area contributed by atoms with Crippen molar-refractivity contribution in [2.45, 2.75) is 98.3 Å². The Balaban J connectivity index is 4.70. The number of hydrogen-bond acceptors (Lipinski definition) is 0. The fourth-order valence-corrected chi connectivity index (χ4v) is 12.1. The van der Waals surface area contributed by atoms with E-state index in [0.29, 0.717) is 0 Å². The molecule has 0 saturated carbocycles. The van der Waals surface area contributed by atoms with Gasteiger partial charge in [0.15, 0.2) is 0 Å². The van der Waals surface area contributed by atoms with Crippen LogP contribution in [0, 0.1) is 0 Å². The first kappa shape index (κ1) is 21.9. The molecule has 0 heterocycles. The van der Waals surface area contributed by atoms with Gasteiger partial charge in [0.25, 0.3) is 0 Å². The number of hydrogen-bond donors (Lipinski definition) is 0. The molecule has 0 unspecified atom stereocenters. The summed E-state index contributed by atoms with van der Waals surface area (Å²) in [5.74, 6) is 0. The first-order valence-corrected chi connectivity index (χ1v) is 14.8. The zero-order valence-electron chi connectivity index (χ0n) is 15.4. The van der Waals surface area contributed by atoms with Gasteiger partial charge in [-0.1, -0.05) is 0 Å². The van der Waals surface area contributed by atoms with Crippen LogP contribution in [-0.2, 0) is 0 Å². The molecular formula is C19H42BrP. The molecule has 0 spiro atoms. The molecule has 0 aliphatic heterocycles. The summed E-state index contributed by atoms with van der Waals surface area (Å²) in [5.41, 5.74) is 0. The van der Waals surface area contributed by atoms with Crippen molar-refractivity contribution in [3.63, 3.8) is 0 Å². The second kappa shape index (κ2) is 12.3. The van der Waals surface area contributed by atoms with Crippen LogP contribution in [0.1, 0.15) is 98.3 Å². The Hall–Kier alpha value is 0.910. The normalized spacial score (nSPS) is 14.0. The summed E-state index contributed by atoms with van der Waals surface area (Å²) in [6.45, 7) is 9.38. The SMILES string of the molecule is CCCCCCCP(Br)(CCCC)(CCCC)CCCC. The molecule has 0 rings (SSSR count). The van der Waals surface area contributed by atoms with Crippen molar-refractivity contribution in [2.75, 3.05) is 24.6 Å². The Morgan fingerprint density at radius 1 is 0.476 bits per heavy atom. The van der Waals surface area contributed by atoms with Gasteiger partial charge in [0.2, 0.25) is 0 Å². The van der Waals surface area contributed by atoms with Crippen LogP contribution in [-0.4, -0.2) is 24.6 Å². The van der Waals surface area contributed by atoms with Crippen LogP contribution < -0.4 is 0 Å². The van der Waals surface area contributed by atoms with Gasteiger partial charge in [-0.3, -0.25) is 0 Å². The van der Waals surface area contributed by atoms with Gasteiger partial charge in [-0.2, -0.15) is 0 Å². The third-order valence-electron chi connectivity index (χ3n) is 5.03. The van der Waals surface area contributed by atoms with Gasteiger partial charge in [0, 0.05) is 0 Å². The molecule has 0 radical (unpaired) electrons.